The molecule has 2 aromatic rings. The lowest BCUT2D eigenvalue weighted by atomic mass is 9.83. The molecule has 1 aromatic heterocycles. The number of hydrogen-bond acceptors (Lipinski definition) is 6. The Morgan fingerprint density at radius 3 is 2.87 bits per heavy atom. The second-order valence-electron chi connectivity index (χ2n) is 7.43. The molecule has 2 aliphatic heterocycles. The lowest BCUT2D eigenvalue weighted by molar-refractivity contribution is 0.0954. The molecule has 0 bridgehead atoms. The number of fused-ring (bicyclic) bond motifs is 1. The number of allylic oxidation sites excluding steroid dienone is 1. The molecule has 1 fully saturated rings. The molecular weight excluding hydrogens is 450 g/mol. The average Bonchev–Trinajstić information content (AvgIpc) is 3.23. The number of methoxy groups -OCH3 is 1. The minimum atomic E-state index is -0.699. The van der Waals surface area contributed by atoms with Crippen molar-refractivity contribution in [2.24, 2.45) is 5.73 Å². The van der Waals surface area contributed by atoms with Crippen LogP contribution in [0.3, 0.4) is 0 Å². The maximum absolute atomic E-state index is 13.7. The Kier molecular flexibility index (Phi) is 5.58. The van der Waals surface area contributed by atoms with Gasteiger partial charge in [0.1, 0.15) is 23.1 Å². The third kappa shape index (κ3) is 3.48. The Morgan fingerprint density at radius 2 is 2.20 bits per heavy atom. The summed E-state index contributed by atoms with van der Waals surface area (Å²) in [7, 11) is 1.55. The highest BCUT2D eigenvalue weighted by Crippen LogP contribution is 2.44. The lowest BCUT2D eigenvalue weighted by Gasteiger charge is -2.28. The SMILES string of the molecule is COc1ccc(Br)cc1[C@@H]1C(C#N)=C(N)Oc2cc(C)n(C[C@@H]3CCCO3)c(=O)c21. The zero-order chi connectivity index (χ0) is 21.4. The minimum Gasteiger partial charge on any atom is -0.496 e. The quantitative estimate of drug-likeness (QED) is 0.733. The van der Waals surface area contributed by atoms with Gasteiger partial charge in [0.2, 0.25) is 5.88 Å². The maximum Gasteiger partial charge on any atom is 0.258 e. The van der Waals surface area contributed by atoms with Crippen molar-refractivity contribution >= 4 is 15.9 Å². The van der Waals surface area contributed by atoms with Crippen molar-refractivity contribution in [3.63, 3.8) is 0 Å². The highest BCUT2D eigenvalue weighted by Gasteiger charge is 2.36. The Hall–Kier alpha value is -2.76. The van der Waals surface area contributed by atoms with E-state index >= 15 is 0 Å². The summed E-state index contributed by atoms with van der Waals surface area (Å²) in [5.74, 6) is 0.217. The van der Waals surface area contributed by atoms with Crippen molar-refractivity contribution in [3.05, 3.63) is 67.4 Å². The molecule has 2 atom stereocenters. The summed E-state index contributed by atoms with van der Waals surface area (Å²) in [6.07, 6.45) is 1.90. The molecule has 0 amide bonds. The fourth-order valence-electron chi connectivity index (χ4n) is 4.15. The first-order chi connectivity index (χ1) is 14.4. The molecular formula is C22H22BrN3O4. The number of nitriles is 1. The average molecular weight is 472 g/mol. The summed E-state index contributed by atoms with van der Waals surface area (Å²) in [5.41, 5.74) is 7.85. The van der Waals surface area contributed by atoms with E-state index in [0.717, 1.165) is 23.0 Å². The number of rotatable bonds is 4. The van der Waals surface area contributed by atoms with Crippen molar-refractivity contribution in [3.8, 4) is 17.6 Å². The number of halogens is 1. The van der Waals surface area contributed by atoms with Crippen LogP contribution < -0.4 is 20.8 Å². The van der Waals surface area contributed by atoms with Crippen LogP contribution in [0.2, 0.25) is 0 Å². The normalized spacial score (nSPS) is 20.5. The number of benzene rings is 1. The summed E-state index contributed by atoms with van der Waals surface area (Å²) in [6.45, 7) is 3.03. The predicted octanol–water partition coefficient (Wildman–Crippen LogP) is 3.33. The first-order valence-electron chi connectivity index (χ1n) is 9.71. The molecule has 7 nitrogen and oxygen atoms in total. The standard InChI is InChI=1S/C22H22BrN3O4/c1-12-8-18-20(22(27)26(12)11-14-4-3-7-29-14)19(16(10-24)21(25)30-18)15-9-13(23)5-6-17(15)28-2/h5-6,8-9,14,19H,3-4,7,11,25H2,1-2H3/t14-,19+/m0/s1. The van der Waals surface area contributed by atoms with Gasteiger partial charge in [0.25, 0.3) is 5.56 Å². The van der Waals surface area contributed by atoms with Crippen LogP contribution in [0, 0.1) is 18.3 Å². The van der Waals surface area contributed by atoms with Gasteiger partial charge in [-0.2, -0.15) is 5.26 Å². The van der Waals surface area contributed by atoms with Gasteiger partial charge in [0.05, 0.1) is 31.2 Å². The van der Waals surface area contributed by atoms with E-state index in [1.165, 1.54) is 0 Å². The van der Waals surface area contributed by atoms with Crippen molar-refractivity contribution in [2.75, 3.05) is 13.7 Å². The molecule has 1 aromatic carbocycles. The summed E-state index contributed by atoms with van der Waals surface area (Å²) in [4.78, 5) is 13.7. The molecule has 0 unspecified atom stereocenters. The smallest absolute Gasteiger partial charge is 0.258 e. The third-order valence-electron chi connectivity index (χ3n) is 5.60. The van der Waals surface area contributed by atoms with Gasteiger partial charge in [-0.15, -0.1) is 0 Å². The van der Waals surface area contributed by atoms with Crippen LogP contribution in [-0.2, 0) is 11.3 Å². The molecule has 0 radical (unpaired) electrons. The molecule has 0 aliphatic carbocycles. The van der Waals surface area contributed by atoms with Crippen molar-refractivity contribution in [1.82, 2.24) is 4.57 Å². The Labute approximate surface area is 182 Å². The van der Waals surface area contributed by atoms with E-state index in [2.05, 4.69) is 22.0 Å². The number of aromatic nitrogens is 1. The van der Waals surface area contributed by atoms with Gasteiger partial charge in [-0.3, -0.25) is 4.79 Å². The van der Waals surface area contributed by atoms with Crippen LogP contribution in [0.4, 0.5) is 0 Å². The number of aryl methyl sites for hydroxylation is 1. The molecule has 2 aliphatic rings. The zero-order valence-corrected chi connectivity index (χ0v) is 18.4. The van der Waals surface area contributed by atoms with Crippen LogP contribution in [0.1, 0.15) is 35.6 Å². The topological polar surface area (TPSA) is 99.5 Å². The molecule has 8 heteroatoms. The highest BCUT2D eigenvalue weighted by molar-refractivity contribution is 9.10. The number of ether oxygens (including phenoxy) is 3. The molecule has 0 spiro atoms. The number of nitrogens with zero attached hydrogens (tertiary/aromatic N) is 2. The van der Waals surface area contributed by atoms with Gasteiger partial charge in [0, 0.05) is 28.4 Å². The van der Waals surface area contributed by atoms with Crippen molar-refractivity contribution in [2.45, 2.75) is 38.3 Å². The van der Waals surface area contributed by atoms with E-state index in [9.17, 15) is 10.1 Å². The van der Waals surface area contributed by atoms with Crippen LogP contribution in [0.5, 0.6) is 11.5 Å². The van der Waals surface area contributed by atoms with Crippen LogP contribution in [0.25, 0.3) is 0 Å². The summed E-state index contributed by atoms with van der Waals surface area (Å²) >= 11 is 3.48. The first-order valence-corrected chi connectivity index (χ1v) is 10.5. The third-order valence-corrected chi connectivity index (χ3v) is 6.10. The molecule has 30 heavy (non-hydrogen) atoms. The summed E-state index contributed by atoms with van der Waals surface area (Å²) in [5, 5.41) is 9.85. The highest BCUT2D eigenvalue weighted by atomic mass is 79.9. The van der Waals surface area contributed by atoms with Gasteiger partial charge in [-0.05, 0) is 38.0 Å². The lowest BCUT2D eigenvalue weighted by Crippen LogP contribution is -2.35. The van der Waals surface area contributed by atoms with Crippen LogP contribution in [-0.4, -0.2) is 24.4 Å². The number of pyridine rings is 1. The number of nitrogens with two attached hydrogens (primary N) is 1. The zero-order valence-electron chi connectivity index (χ0n) is 16.8. The monoisotopic (exact) mass is 471 g/mol. The Bertz CT molecular complexity index is 1130. The Balaban J connectivity index is 1.94. The van der Waals surface area contributed by atoms with E-state index in [4.69, 9.17) is 19.9 Å². The molecule has 1 saturated heterocycles. The summed E-state index contributed by atoms with van der Waals surface area (Å²) < 4.78 is 19.5. The summed E-state index contributed by atoms with van der Waals surface area (Å²) in [6, 6.07) is 9.40. The van der Waals surface area contributed by atoms with Crippen molar-refractivity contribution in [1.29, 1.82) is 5.26 Å². The van der Waals surface area contributed by atoms with Gasteiger partial charge in [0.15, 0.2) is 0 Å². The van der Waals surface area contributed by atoms with E-state index in [1.807, 2.05) is 19.1 Å². The second kappa shape index (κ2) is 8.17. The molecule has 156 valence electrons. The first kappa shape index (κ1) is 20.5. The maximum atomic E-state index is 13.7. The van der Waals surface area contributed by atoms with Gasteiger partial charge >= 0.3 is 0 Å². The van der Waals surface area contributed by atoms with Gasteiger partial charge in [-0.1, -0.05) is 15.9 Å². The molecule has 0 saturated carbocycles. The van der Waals surface area contributed by atoms with E-state index < -0.39 is 5.92 Å². The van der Waals surface area contributed by atoms with Crippen LogP contribution in [0.15, 0.2) is 45.0 Å². The predicted molar refractivity (Wildman–Crippen MR) is 114 cm³/mol. The largest absolute Gasteiger partial charge is 0.496 e. The van der Waals surface area contributed by atoms with Crippen molar-refractivity contribution < 1.29 is 14.2 Å². The van der Waals surface area contributed by atoms with Gasteiger partial charge in [-0.25, -0.2) is 0 Å². The van der Waals surface area contributed by atoms with E-state index in [0.29, 0.717) is 35.8 Å². The van der Waals surface area contributed by atoms with E-state index in [-0.39, 0.29) is 23.1 Å². The number of hydrogen-bond donors (Lipinski definition) is 1. The van der Waals surface area contributed by atoms with Crippen LogP contribution >= 0.6 is 15.9 Å². The second-order valence-corrected chi connectivity index (χ2v) is 8.34. The Morgan fingerprint density at radius 1 is 1.40 bits per heavy atom. The van der Waals surface area contributed by atoms with E-state index in [1.54, 1.807) is 23.8 Å². The van der Waals surface area contributed by atoms with Gasteiger partial charge < -0.3 is 24.5 Å². The molecule has 4 rings (SSSR count). The molecule has 3 heterocycles. The fraction of sp³-hybridized carbons (Fsp3) is 0.364. The molecule has 2 N–H and O–H groups in total. The minimum absolute atomic E-state index is 0.00105. The fourth-order valence-corrected chi connectivity index (χ4v) is 4.53.